The summed E-state index contributed by atoms with van der Waals surface area (Å²) >= 11 is 0. The molecule has 1 aliphatic heterocycles. The normalized spacial score (nSPS) is 14.8. The van der Waals surface area contributed by atoms with Crippen molar-refractivity contribution in [1.82, 2.24) is 14.5 Å². The number of carbonyl (C=O) groups excluding carboxylic acids is 2. The highest BCUT2D eigenvalue weighted by molar-refractivity contribution is 7.92. The molecule has 2 amide bonds. The number of nitrogens with zero attached hydrogens (tertiary/aromatic N) is 3. The van der Waals surface area contributed by atoms with Crippen molar-refractivity contribution in [1.29, 1.82) is 0 Å². The number of carbonyl (C=O) groups is 2. The maximum absolute atomic E-state index is 12.5. The van der Waals surface area contributed by atoms with Gasteiger partial charge >= 0.3 is 0 Å². The van der Waals surface area contributed by atoms with Crippen LogP contribution < -0.4 is 5.32 Å². The fourth-order valence-electron chi connectivity index (χ4n) is 2.81. The molecule has 0 aliphatic carbocycles. The quantitative estimate of drug-likeness (QED) is 0.824. The molecule has 138 valence electrons. The Bertz CT molecular complexity index is 928. The third-order valence-corrected chi connectivity index (χ3v) is 6.38. The van der Waals surface area contributed by atoms with Crippen LogP contribution in [0.4, 0.5) is 5.69 Å². The molecule has 26 heavy (non-hydrogen) atoms. The number of amides is 2. The van der Waals surface area contributed by atoms with Gasteiger partial charge < -0.3 is 14.8 Å². The lowest BCUT2D eigenvalue weighted by Crippen LogP contribution is -2.57. The number of hydrogen-bond donors (Lipinski definition) is 1. The zero-order valence-electron chi connectivity index (χ0n) is 14.5. The average Bonchev–Trinajstić information content (AvgIpc) is 2.94. The SMILES string of the molecule is CC(=O)Nc1ccc(CC(=O)N2CC(S(=O)(=O)c3nccn3C)C2)cc1. The van der Waals surface area contributed by atoms with Crippen LogP contribution >= 0.6 is 0 Å². The van der Waals surface area contributed by atoms with Gasteiger partial charge in [0, 0.05) is 45.1 Å². The van der Waals surface area contributed by atoms with Crippen LogP contribution in [-0.2, 0) is 32.9 Å². The molecule has 1 saturated heterocycles. The number of hydrogen-bond acceptors (Lipinski definition) is 5. The van der Waals surface area contributed by atoms with Gasteiger partial charge in [0.25, 0.3) is 0 Å². The Balaban J connectivity index is 1.57. The van der Waals surface area contributed by atoms with Crippen molar-refractivity contribution in [3.63, 3.8) is 0 Å². The molecule has 0 bridgehead atoms. The molecule has 8 nitrogen and oxygen atoms in total. The second-order valence-corrected chi connectivity index (χ2v) is 8.46. The van der Waals surface area contributed by atoms with E-state index in [4.69, 9.17) is 0 Å². The molecule has 0 saturated carbocycles. The summed E-state index contributed by atoms with van der Waals surface area (Å²) in [5.41, 5.74) is 1.47. The minimum atomic E-state index is -3.53. The van der Waals surface area contributed by atoms with E-state index in [-0.39, 0.29) is 36.5 Å². The molecule has 0 atom stereocenters. The number of likely N-dealkylation sites (tertiary alicyclic amines) is 1. The van der Waals surface area contributed by atoms with Crippen LogP contribution in [-0.4, -0.2) is 53.0 Å². The summed E-state index contributed by atoms with van der Waals surface area (Å²) < 4.78 is 26.5. The first-order chi connectivity index (χ1) is 12.3. The number of nitrogens with one attached hydrogen (secondary N) is 1. The predicted octanol–water partition coefficient (Wildman–Crippen LogP) is 0.606. The summed E-state index contributed by atoms with van der Waals surface area (Å²) in [6.45, 7) is 1.78. The van der Waals surface area contributed by atoms with Gasteiger partial charge in [0.1, 0.15) is 5.25 Å². The van der Waals surface area contributed by atoms with Gasteiger partial charge in [-0.05, 0) is 17.7 Å². The minimum absolute atomic E-state index is 0.0307. The number of rotatable bonds is 5. The van der Waals surface area contributed by atoms with Gasteiger partial charge in [-0.1, -0.05) is 12.1 Å². The zero-order valence-corrected chi connectivity index (χ0v) is 15.4. The van der Waals surface area contributed by atoms with Crippen LogP contribution in [0.2, 0.25) is 0 Å². The molecule has 0 radical (unpaired) electrons. The topological polar surface area (TPSA) is 101 Å². The summed E-state index contributed by atoms with van der Waals surface area (Å²) in [6.07, 6.45) is 3.22. The Morgan fingerprint density at radius 2 is 1.88 bits per heavy atom. The van der Waals surface area contributed by atoms with E-state index in [2.05, 4.69) is 10.3 Å². The first-order valence-electron chi connectivity index (χ1n) is 8.13. The third kappa shape index (κ3) is 3.62. The number of aryl methyl sites for hydroxylation is 1. The molecule has 0 spiro atoms. The van der Waals surface area contributed by atoms with E-state index in [9.17, 15) is 18.0 Å². The summed E-state index contributed by atoms with van der Waals surface area (Å²) in [5, 5.41) is 2.08. The van der Waals surface area contributed by atoms with Gasteiger partial charge in [0.15, 0.2) is 0 Å². The Hall–Kier alpha value is -2.68. The van der Waals surface area contributed by atoms with Crippen molar-refractivity contribution in [2.24, 2.45) is 7.05 Å². The number of aromatic nitrogens is 2. The molecule has 0 unspecified atom stereocenters. The highest BCUT2D eigenvalue weighted by Crippen LogP contribution is 2.23. The maximum atomic E-state index is 12.5. The lowest BCUT2D eigenvalue weighted by molar-refractivity contribution is -0.133. The molecule has 1 N–H and O–H groups in total. The first kappa shape index (κ1) is 18.1. The highest BCUT2D eigenvalue weighted by Gasteiger charge is 2.42. The molecule has 1 fully saturated rings. The summed E-state index contributed by atoms with van der Waals surface area (Å²) in [4.78, 5) is 28.8. The maximum Gasteiger partial charge on any atom is 0.227 e. The van der Waals surface area contributed by atoms with Crippen molar-refractivity contribution in [2.45, 2.75) is 23.8 Å². The van der Waals surface area contributed by atoms with E-state index < -0.39 is 15.1 Å². The molecular weight excluding hydrogens is 356 g/mol. The van der Waals surface area contributed by atoms with Gasteiger partial charge in [-0.25, -0.2) is 13.4 Å². The minimum Gasteiger partial charge on any atom is -0.340 e. The lowest BCUT2D eigenvalue weighted by Gasteiger charge is -2.38. The third-order valence-electron chi connectivity index (χ3n) is 4.30. The van der Waals surface area contributed by atoms with E-state index >= 15 is 0 Å². The molecule has 3 rings (SSSR count). The van der Waals surface area contributed by atoms with E-state index in [1.807, 2.05) is 0 Å². The van der Waals surface area contributed by atoms with E-state index in [0.29, 0.717) is 5.69 Å². The van der Waals surface area contributed by atoms with Gasteiger partial charge in [-0.2, -0.15) is 0 Å². The Morgan fingerprint density at radius 1 is 1.23 bits per heavy atom. The molecule has 1 aromatic carbocycles. The lowest BCUT2D eigenvalue weighted by atomic mass is 10.1. The van der Waals surface area contributed by atoms with Crippen molar-refractivity contribution < 1.29 is 18.0 Å². The number of anilines is 1. The van der Waals surface area contributed by atoms with Crippen molar-refractivity contribution in [2.75, 3.05) is 18.4 Å². The van der Waals surface area contributed by atoms with Crippen LogP contribution in [0.1, 0.15) is 12.5 Å². The van der Waals surface area contributed by atoms with E-state index in [0.717, 1.165) is 5.56 Å². The van der Waals surface area contributed by atoms with Gasteiger partial charge in [0.05, 0.1) is 6.42 Å². The number of sulfone groups is 1. The molecule has 2 aromatic rings. The van der Waals surface area contributed by atoms with Crippen molar-refractivity contribution in [3.8, 4) is 0 Å². The Kier molecular flexibility index (Phi) is 4.82. The van der Waals surface area contributed by atoms with Gasteiger partial charge in [-0.15, -0.1) is 0 Å². The Morgan fingerprint density at radius 3 is 2.42 bits per heavy atom. The highest BCUT2D eigenvalue weighted by atomic mass is 32.2. The monoisotopic (exact) mass is 376 g/mol. The smallest absolute Gasteiger partial charge is 0.227 e. The fourth-order valence-corrected chi connectivity index (χ4v) is 4.53. The predicted molar refractivity (Wildman–Crippen MR) is 95.2 cm³/mol. The number of imidazole rings is 1. The van der Waals surface area contributed by atoms with E-state index in [1.54, 1.807) is 37.5 Å². The standard InChI is InChI=1S/C17H20N4O4S/c1-12(22)19-14-5-3-13(4-6-14)9-16(23)21-10-15(11-21)26(24,25)17-18-7-8-20(17)2/h3-8,15H,9-11H2,1-2H3,(H,19,22). The summed E-state index contributed by atoms with van der Waals surface area (Å²) in [7, 11) is -1.90. The van der Waals surface area contributed by atoms with Crippen molar-refractivity contribution in [3.05, 3.63) is 42.2 Å². The molecule has 1 aliphatic rings. The first-order valence-corrected chi connectivity index (χ1v) is 9.67. The fraction of sp³-hybridized carbons (Fsp3) is 0.353. The van der Waals surface area contributed by atoms with Gasteiger partial charge in [-0.3, -0.25) is 9.59 Å². The molecular formula is C17H20N4O4S. The molecule has 1 aromatic heterocycles. The van der Waals surface area contributed by atoms with Crippen LogP contribution in [0.15, 0.2) is 41.8 Å². The number of benzene rings is 1. The summed E-state index contributed by atoms with van der Waals surface area (Å²) in [6, 6.07) is 7.00. The zero-order chi connectivity index (χ0) is 18.9. The van der Waals surface area contributed by atoms with Gasteiger partial charge in [0.2, 0.25) is 26.8 Å². The van der Waals surface area contributed by atoms with Crippen LogP contribution in [0.3, 0.4) is 0 Å². The largest absolute Gasteiger partial charge is 0.340 e. The summed E-state index contributed by atoms with van der Waals surface area (Å²) in [5.74, 6) is -0.280. The van der Waals surface area contributed by atoms with Crippen LogP contribution in [0.25, 0.3) is 0 Å². The molecule has 2 heterocycles. The second-order valence-electron chi connectivity index (χ2n) is 6.34. The average molecular weight is 376 g/mol. The Labute approximate surface area is 151 Å². The van der Waals surface area contributed by atoms with Crippen LogP contribution in [0.5, 0.6) is 0 Å². The second kappa shape index (κ2) is 6.91. The van der Waals surface area contributed by atoms with Crippen molar-refractivity contribution >= 4 is 27.3 Å². The van der Waals surface area contributed by atoms with E-state index in [1.165, 1.54) is 22.6 Å². The molecule has 9 heteroatoms. The van der Waals surface area contributed by atoms with Crippen LogP contribution in [0, 0.1) is 0 Å².